The van der Waals surface area contributed by atoms with Crippen molar-refractivity contribution in [2.45, 2.75) is 39.7 Å². The molecule has 0 saturated heterocycles. The second-order valence-corrected chi connectivity index (χ2v) is 4.35. The lowest BCUT2D eigenvalue weighted by molar-refractivity contribution is 0.646. The van der Waals surface area contributed by atoms with E-state index in [2.05, 4.69) is 45.0 Å². The molecule has 1 aromatic carbocycles. The van der Waals surface area contributed by atoms with Crippen molar-refractivity contribution in [3.05, 3.63) is 35.4 Å². The van der Waals surface area contributed by atoms with Gasteiger partial charge in [0.1, 0.15) is 0 Å². The topological polar surface area (TPSA) is 26.0 Å². The lowest BCUT2D eigenvalue weighted by atomic mass is 9.99. The van der Waals surface area contributed by atoms with Gasteiger partial charge in [0.25, 0.3) is 0 Å². The van der Waals surface area contributed by atoms with Gasteiger partial charge in [-0.15, -0.1) is 0 Å². The first-order chi connectivity index (χ1) is 6.63. The normalized spacial score (nSPS) is 13.2. The first-order valence-electron chi connectivity index (χ1n) is 5.48. The van der Waals surface area contributed by atoms with Gasteiger partial charge in [-0.25, -0.2) is 0 Å². The summed E-state index contributed by atoms with van der Waals surface area (Å²) in [5.41, 5.74) is 8.60. The van der Waals surface area contributed by atoms with Gasteiger partial charge >= 0.3 is 0 Å². The van der Waals surface area contributed by atoms with Crippen LogP contribution in [0.15, 0.2) is 24.3 Å². The van der Waals surface area contributed by atoms with Crippen LogP contribution in [-0.4, -0.2) is 0 Å². The molecule has 0 aliphatic heterocycles. The molecule has 0 fully saturated rings. The van der Waals surface area contributed by atoms with Crippen LogP contribution in [0.3, 0.4) is 0 Å². The largest absolute Gasteiger partial charge is 0.324 e. The molecule has 1 nitrogen and oxygen atoms in total. The van der Waals surface area contributed by atoms with Gasteiger partial charge in [0.2, 0.25) is 0 Å². The molecule has 1 unspecified atom stereocenters. The third-order valence-corrected chi connectivity index (χ3v) is 2.49. The molecule has 14 heavy (non-hydrogen) atoms. The van der Waals surface area contributed by atoms with Gasteiger partial charge in [-0.1, -0.05) is 45.0 Å². The predicted octanol–water partition coefficient (Wildman–Crippen LogP) is 3.29. The Morgan fingerprint density at radius 1 is 1.14 bits per heavy atom. The summed E-state index contributed by atoms with van der Waals surface area (Å²) < 4.78 is 0. The Bertz CT molecular complexity index is 261. The van der Waals surface area contributed by atoms with Gasteiger partial charge in [0.15, 0.2) is 0 Å². The van der Waals surface area contributed by atoms with Gasteiger partial charge in [0.05, 0.1) is 0 Å². The summed E-state index contributed by atoms with van der Waals surface area (Å²) in [7, 11) is 0. The van der Waals surface area contributed by atoms with Crippen molar-refractivity contribution < 1.29 is 0 Å². The Labute approximate surface area is 87.3 Å². The average Bonchev–Trinajstić information content (AvgIpc) is 2.17. The zero-order valence-electron chi connectivity index (χ0n) is 9.46. The van der Waals surface area contributed by atoms with E-state index in [0.717, 1.165) is 18.8 Å². The van der Waals surface area contributed by atoms with Crippen molar-refractivity contribution in [1.29, 1.82) is 0 Å². The van der Waals surface area contributed by atoms with E-state index in [1.54, 1.807) is 0 Å². The summed E-state index contributed by atoms with van der Waals surface area (Å²) in [6.07, 6.45) is 2.16. The SMILES string of the molecule is CCC(N)c1ccc(CC(C)C)cc1. The van der Waals surface area contributed by atoms with E-state index in [9.17, 15) is 0 Å². The van der Waals surface area contributed by atoms with E-state index < -0.39 is 0 Å². The van der Waals surface area contributed by atoms with Crippen LogP contribution in [0.2, 0.25) is 0 Å². The molecular formula is C13H21N. The molecule has 1 heteroatoms. The fourth-order valence-electron chi connectivity index (χ4n) is 1.61. The number of rotatable bonds is 4. The molecule has 0 aliphatic rings. The Morgan fingerprint density at radius 2 is 1.71 bits per heavy atom. The van der Waals surface area contributed by atoms with Crippen LogP contribution in [-0.2, 0) is 6.42 Å². The minimum Gasteiger partial charge on any atom is -0.324 e. The van der Waals surface area contributed by atoms with E-state index in [-0.39, 0.29) is 6.04 Å². The van der Waals surface area contributed by atoms with Crippen LogP contribution in [0.1, 0.15) is 44.4 Å². The Hall–Kier alpha value is -0.820. The molecule has 78 valence electrons. The Kier molecular flexibility index (Phi) is 4.15. The maximum atomic E-state index is 5.95. The number of benzene rings is 1. The number of hydrogen-bond donors (Lipinski definition) is 1. The fourth-order valence-corrected chi connectivity index (χ4v) is 1.61. The number of hydrogen-bond acceptors (Lipinski definition) is 1. The predicted molar refractivity (Wildman–Crippen MR) is 62.2 cm³/mol. The molecule has 1 aromatic rings. The second kappa shape index (κ2) is 5.16. The molecule has 0 spiro atoms. The van der Waals surface area contributed by atoms with Crippen molar-refractivity contribution in [2.24, 2.45) is 11.7 Å². The zero-order chi connectivity index (χ0) is 10.6. The third kappa shape index (κ3) is 3.15. The van der Waals surface area contributed by atoms with Gasteiger partial charge in [-0.05, 0) is 29.9 Å². The second-order valence-electron chi connectivity index (χ2n) is 4.35. The van der Waals surface area contributed by atoms with Crippen LogP contribution in [0.25, 0.3) is 0 Å². The molecule has 0 radical (unpaired) electrons. The maximum absolute atomic E-state index is 5.95. The summed E-state index contributed by atoms with van der Waals surface area (Å²) in [4.78, 5) is 0. The van der Waals surface area contributed by atoms with Gasteiger partial charge < -0.3 is 5.73 Å². The van der Waals surface area contributed by atoms with Gasteiger partial charge in [-0.2, -0.15) is 0 Å². The number of nitrogens with two attached hydrogens (primary N) is 1. The summed E-state index contributed by atoms with van der Waals surface area (Å²) in [5.74, 6) is 0.723. The Balaban J connectivity index is 2.68. The summed E-state index contributed by atoms with van der Waals surface area (Å²) >= 11 is 0. The van der Waals surface area contributed by atoms with E-state index in [4.69, 9.17) is 5.73 Å². The van der Waals surface area contributed by atoms with Gasteiger partial charge in [0, 0.05) is 6.04 Å². The third-order valence-electron chi connectivity index (χ3n) is 2.49. The van der Waals surface area contributed by atoms with E-state index in [1.807, 2.05) is 0 Å². The van der Waals surface area contributed by atoms with Crippen LogP contribution in [0, 0.1) is 5.92 Å². The monoisotopic (exact) mass is 191 g/mol. The molecule has 0 aromatic heterocycles. The Morgan fingerprint density at radius 3 is 2.14 bits per heavy atom. The quantitative estimate of drug-likeness (QED) is 0.776. The van der Waals surface area contributed by atoms with Crippen molar-refractivity contribution >= 4 is 0 Å². The van der Waals surface area contributed by atoms with Crippen molar-refractivity contribution in [2.75, 3.05) is 0 Å². The molecule has 0 heterocycles. The standard InChI is InChI=1S/C13H21N/c1-4-13(14)12-7-5-11(6-8-12)9-10(2)3/h5-8,10,13H,4,9,14H2,1-3H3. The zero-order valence-corrected chi connectivity index (χ0v) is 9.46. The van der Waals surface area contributed by atoms with Crippen molar-refractivity contribution in [1.82, 2.24) is 0 Å². The first-order valence-corrected chi connectivity index (χ1v) is 5.48. The highest BCUT2D eigenvalue weighted by atomic mass is 14.6. The first kappa shape index (κ1) is 11.3. The van der Waals surface area contributed by atoms with E-state index >= 15 is 0 Å². The summed E-state index contributed by atoms with van der Waals surface area (Å²) in [6, 6.07) is 8.91. The maximum Gasteiger partial charge on any atom is 0.0292 e. The van der Waals surface area contributed by atoms with E-state index in [0.29, 0.717) is 0 Å². The van der Waals surface area contributed by atoms with E-state index in [1.165, 1.54) is 11.1 Å². The molecule has 0 amide bonds. The highest BCUT2D eigenvalue weighted by Gasteiger charge is 2.03. The molecular weight excluding hydrogens is 170 g/mol. The molecule has 0 saturated carbocycles. The lowest BCUT2D eigenvalue weighted by Crippen LogP contribution is -2.08. The van der Waals surface area contributed by atoms with Crippen LogP contribution >= 0.6 is 0 Å². The summed E-state index contributed by atoms with van der Waals surface area (Å²) in [6.45, 7) is 6.60. The fraction of sp³-hybridized carbons (Fsp3) is 0.538. The smallest absolute Gasteiger partial charge is 0.0292 e. The lowest BCUT2D eigenvalue weighted by Gasteiger charge is -2.10. The highest BCUT2D eigenvalue weighted by molar-refractivity contribution is 5.25. The van der Waals surface area contributed by atoms with Crippen molar-refractivity contribution in [3.63, 3.8) is 0 Å². The molecule has 1 atom stereocenters. The average molecular weight is 191 g/mol. The van der Waals surface area contributed by atoms with Crippen LogP contribution in [0.4, 0.5) is 0 Å². The molecule has 0 bridgehead atoms. The summed E-state index contributed by atoms with van der Waals surface area (Å²) in [5, 5.41) is 0. The minimum atomic E-state index is 0.197. The molecule has 1 rings (SSSR count). The van der Waals surface area contributed by atoms with Gasteiger partial charge in [-0.3, -0.25) is 0 Å². The van der Waals surface area contributed by atoms with Crippen LogP contribution < -0.4 is 5.73 Å². The minimum absolute atomic E-state index is 0.197. The molecule has 0 aliphatic carbocycles. The highest BCUT2D eigenvalue weighted by Crippen LogP contribution is 2.15. The molecule has 2 N–H and O–H groups in total. The van der Waals surface area contributed by atoms with Crippen molar-refractivity contribution in [3.8, 4) is 0 Å². The van der Waals surface area contributed by atoms with Crippen LogP contribution in [0.5, 0.6) is 0 Å².